The second-order valence-electron chi connectivity index (χ2n) is 8.93. The molecule has 8 N–H and O–H groups in total. The number of carboxylic acids is 3. The van der Waals surface area contributed by atoms with E-state index in [0.29, 0.717) is 32.5 Å². The van der Waals surface area contributed by atoms with Crippen LogP contribution in [-0.2, 0) is 24.0 Å². The SMILES string of the molecule is O=C(NCCCNCCCCNCCCNCCCNC(=O)C(F)(F)F)C(F)(F)F.O=C(O)C(F)(F)F.O=C(O)C(F)(F)F.O=C(O)C(F)(F)F. The minimum Gasteiger partial charge on any atom is -0.475 e. The molecule has 0 saturated heterocycles. The summed E-state index contributed by atoms with van der Waals surface area (Å²) in [5, 5.41) is 34.4. The Morgan fingerprint density at radius 2 is 0.510 bits per heavy atom. The smallest absolute Gasteiger partial charge is 0.475 e. The fourth-order valence-corrected chi connectivity index (χ4v) is 2.24. The van der Waals surface area contributed by atoms with Crippen LogP contribution in [-0.4, -0.2) is 128 Å². The van der Waals surface area contributed by atoms with Crippen LogP contribution in [0, 0.1) is 0 Å². The highest BCUT2D eigenvalue weighted by Crippen LogP contribution is 2.15. The molecule has 28 heteroatoms. The average molecular weight is 794 g/mol. The fourth-order valence-electron chi connectivity index (χ4n) is 2.24. The number of aliphatic carboxylic acids is 3. The lowest BCUT2D eigenvalue weighted by atomic mass is 10.3. The van der Waals surface area contributed by atoms with Gasteiger partial charge in [0.1, 0.15) is 0 Å². The van der Waals surface area contributed by atoms with Crippen molar-refractivity contribution in [2.75, 3.05) is 52.4 Å². The lowest BCUT2D eigenvalue weighted by Crippen LogP contribution is -2.38. The van der Waals surface area contributed by atoms with Gasteiger partial charge in [0.2, 0.25) is 0 Å². The maximum atomic E-state index is 11.9. The summed E-state index contributed by atoms with van der Waals surface area (Å²) < 4.78 is 167. The van der Waals surface area contributed by atoms with E-state index < -0.39 is 60.6 Å². The van der Waals surface area contributed by atoms with Gasteiger partial charge < -0.3 is 41.9 Å². The second-order valence-corrected chi connectivity index (χ2v) is 8.93. The lowest BCUT2D eigenvalue weighted by Gasteiger charge is -2.09. The molecule has 0 radical (unpaired) electrons. The Kier molecular flexibility index (Phi) is 28.5. The molecule has 13 nitrogen and oxygen atoms in total. The predicted molar refractivity (Wildman–Crippen MR) is 141 cm³/mol. The van der Waals surface area contributed by atoms with E-state index >= 15 is 0 Å². The van der Waals surface area contributed by atoms with Gasteiger partial charge in [-0.2, -0.15) is 65.9 Å². The zero-order chi connectivity index (χ0) is 41.1. The van der Waals surface area contributed by atoms with E-state index in [1.165, 1.54) is 0 Å². The van der Waals surface area contributed by atoms with E-state index in [1.807, 2.05) is 0 Å². The number of carbonyl (C=O) groups is 5. The Morgan fingerprint density at radius 1 is 0.333 bits per heavy atom. The van der Waals surface area contributed by atoms with Gasteiger partial charge in [-0.3, -0.25) is 9.59 Å². The monoisotopic (exact) mass is 793 g/mol. The van der Waals surface area contributed by atoms with E-state index in [-0.39, 0.29) is 13.1 Å². The van der Waals surface area contributed by atoms with Crippen molar-refractivity contribution < 1.29 is 105 Å². The van der Waals surface area contributed by atoms with Gasteiger partial charge in [0.05, 0.1) is 0 Å². The summed E-state index contributed by atoms with van der Waals surface area (Å²) >= 11 is 0. The summed E-state index contributed by atoms with van der Waals surface area (Å²) in [6.45, 7) is 4.06. The highest BCUT2D eigenvalue weighted by atomic mass is 19.4. The molecule has 0 aliphatic heterocycles. The van der Waals surface area contributed by atoms with E-state index in [9.17, 15) is 75.4 Å². The van der Waals surface area contributed by atoms with Crippen LogP contribution < -0.4 is 26.6 Å². The zero-order valence-corrected chi connectivity index (χ0v) is 25.7. The Labute approximate surface area is 277 Å². The number of hydrogen-bond acceptors (Lipinski definition) is 8. The molecule has 0 fully saturated rings. The van der Waals surface area contributed by atoms with Crippen LogP contribution in [0.5, 0.6) is 0 Å². The van der Waals surface area contributed by atoms with Crippen molar-refractivity contribution in [3.63, 3.8) is 0 Å². The number of nitrogens with one attached hydrogen (secondary N) is 5. The number of rotatable bonds is 17. The normalized spacial score (nSPS) is 11.7. The maximum Gasteiger partial charge on any atom is 0.490 e. The number of halogens is 15. The molecule has 0 aromatic carbocycles. The highest BCUT2D eigenvalue weighted by Gasteiger charge is 2.40. The minimum absolute atomic E-state index is 0.0247. The molecule has 304 valence electrons. The first-order valence-electron chi connectivity index (χ1n) is 13.6. The first-order chi connectivity index (χ1) is 22.9. The molecule has 51 heavy (non-hydrogen) atoms. The van der Waals surface area contributed by atoms with Crippen molar-refractivity contribution in [2.45, 2.75) is 63.0 Å². The van der Waals surface area contributed by atoms with Gasteiger partial charge >= 0.3 is 60.6 Å². The molecule has 0 aliphatic carbocycles. The van der Waals surface area contributed by atoms with Crippen LogP contribution in [0.3, 0.4) is 0 Å². The van der Waals surface area contributed by atoms with Gasteiger partial charge in [0, 0.05) is 13.1 Å². The summed E-state index contributed by atoms with van der Waals surface area (Å²) in [6, 6.07) is 0. The second kappa shape index (κ2) is 26.9. The summed E-state index contributed by atoms with van der Waals surface area (Å²) in [7, 11) is 0. The molecule has 0 aromatic rings. The Hall–Kier alpha value is -3.82. The molecule has 0 rings (SSSR count). The van der Waals surface area contributed by atoms with E-state index in [0.717, 1.165) is 38.9 Å². The van der Waals surface area contributed by atoms with Crippen LogP contribution in [0.1, 0.15) is 32.1 Å². The van der Waals surface area contributed by atoms with Gasteiger partial charge in [-0.15, -0.1) is 0 Å². The van der Waals surface area contributed by atoms with Crippen LogP contribution in [0.25, 0.3) is 0 Å². The van der Waals surface area contributed by atoms with Crippen LogP contribution in [0.15, 0.2) is 0 Å². The molecule has 0 saturated carbocycles. The Morgan fingerprint density at radius 3 is 0.686 bits per heavy atom. The van der Waals surface area contributed by atoms with Crippen molar-refractivity contribution in [3.05, 3.63) is 0 Å². The van der Waals surface area contributed by atoms with E-state index in [2.05, 4.69) is 16.0 Å². The van der Waals surface area contributed by atoms with Crippen molar-refractivity contribution in [2.24, 2.45) is 0 Å². The number of carboxylic acid groups (broad SMARTS) is 3. The van der Waals surface area contributed by atoms with Gasteiger partial charge in [-0.05, 0) is 71.4 Å². The van der Waals surface area contributed by atoms with Crippen molar-refractivity contribution >= 4 is 29.7 Å². The molecule has 0 spiro atoms. The molecular weight excluding hydrogens is 759 g/mol. The molecule has 0 heterocycles. The lowest BCUT2D eigenvalue weighted by molar-refractivity contribution is -0.193. The third kappa shape index (κ3) is 40.5. The van der Waals surface area contributed by atoms with Gasteiger partial charge in [-0.1, -0.05) is 0 Å². The molecule has 0 bridgehead atoms. The van der Waals surface area contributed by atoms with Gasteiger partial charge in [0.15, 0.2) is 0 Å². The standard InChI is InChI=1S/C17H31F6N5O2.3C2HF3O2/c18-16(19,20)14(29)27-12-4-10-25-7-2-1-6-24-8-3-9-26-11-5-13-28-15(30)17(21,22)23;3*3-2(4,5)1(6)7/h24-26H,1-13H2,(H,27,29)(H,28,30);3*(H,6,7). The van der Waals surface area contributed by atoms with Crippen LogP contribution >= 0.6 is 0 Å². The molecule has 0 atom stereocenters. The first kappa shape index (κ1) is 54.0. The van der Waals surface area contributed by atoms with Gasteiger partial charge in [-0.25, -0.2) is 14.4 Å². The molecule has 2 amide bonds. The quantitative estimate of drug-likeness (QED) is 0.0794. The maximum absolute atomic E-state index is 11.9. The summed E-state index contributed by atoms with van der Waals surface area (Å²) in [4.78, 5) is 47.8. The molecular formula is C23H34F15N5O8. The zero-order valence-electron chi connectivity index (χ0n) is 25.7. The first-order valence-corrected chi connectivity index (χ1v) is 13.6. The highest BCUT2D eigenvalue weighted by molar-refractivity contribution is 5.82. The molecule has 0 unspecified atom stereocenters. The summed E-state index contributed by atoms with van der Waals surface area (Å²) in [6.07, 6.45) is -21.4. The van der Waals surface area contributed by atoms with E-state index in [4.69, 9.17) is 29.7 Å². The largest absolute Gasteiger partial charge is 0.490 e. The fraction of sp³-hybridized carbons (Fsp3) is 0.783. The van der Waals surface area contributed by atoms with Crippen molar-refractivity contribution in [1.29, 1.82) is 0 Å². The summed E-state index contributed by atoms with van der Waals surface area (Å²) in [5.41, 5.74) is 0. The summed E-state index contributed by atoms with van der Waals surface area (Å²) in [5.74, 6) is -12.1. The number of carbonyl (C=O) groups excluding carboxylic acids is 2. The van der Waals surface area contributed by atoms with Crippen molar-refractivity contribution in [1.82, 2.24) is 26.6 Å². The Balaban J connectivity index is -0.000000421. The van der Waals surface area contributed by atoms with Crippen LogP contribution in [0.4, 0.5) is 65.9 Å². The van der Waals surface area contributed by atoms with Crippen LogP contribution in [0.2, 0.25) is 0 Å². The Bertz CT molecular complexity index is 905. The minimum atomic E-state index is -5.08. The number of amides is 2. The van der Waals surface area contributed by atoms with Gasteiger partial charge in [0.25, 0.3) is 0 Å². The van der Waals surface area contributed by atoms with E-state index in [1.54, 1.807) is 10.6 Å². The number of hydrogen-bond donors (Lipinski definition) is 8. The average Bonchev–Trinajstić information content (AvgIpc) is 2.94. The topological polar surface area (TPSA) is 206 Å². The number of alkyl halides is 15. The third-order valence-electron chi connectivity index (χ3n) is 4.54. The predicted octanol–water partition coefficient (Wildman–Crippen LogP) is 2.96. The number of unbranched alkanes of at least 4 members (excludes halogenated alkanes) is 1. The molecule has 0 aromatic heterocycles. The third-order valence-corrected chi connectivity index (χ3v) is 4.54. The molecule has 0 aliphatic rings. The van der Waals surface area contributed by atoms with Crippen molar-refractivity contribution in [3.8, 4) is 0 Å².